The summed E-state index contributed by atoms with van der Waals surface area (Å²) in [6, 6.07) is 3.79. The van der Waals surface area contributed by atoms with Gasteiger partial charge in [-0.15, -0.1) is 0 Å². The first-order valence-corrected chi connectivity index (χ1v) is 7.48. The van der Waals surface area contributed by atoms with E-state index in [-0.39, 0.29) is 24.1 Å². The number of ether oxygens (including phenoxy) is 1. The first kappa shape index (κ1) is 16.0. The molecule has 0 amide bonds. The van der Waals surface area contributed by atoms with Gasteiger partial charge in [-0.2, -0.15) is 0 Å². The van der Waals surface area contributed by atoms with Gasteiger partial charge in [0, 0.05) is 19.7 Å². The molecule has 0 aliphatic carbocycles. The fourth-order valence-corrected chi connectivity index (χ4v) is 2.77. The molecule has 0 spiro atoms. The van der Waals surface area contributed by atoms with Gasteiger partial charge in [-0.3, -0.25) is 0 Å². The van der Waals surface area contributed by atoms with E-state index in [0.29, 0.717) is 12.2 Å². The normalized spacial score (nSPS) is 13.5. The number of sulfonamides is 1. The summed E-state index contributed by atoms with van der Waals surface area (Å²) in [6.45, 7) is 4.27. The van der Waals surface area contributed by atoms with Crippen LogP contribution in [-0.4, -0.2) is 27.7 Å². The molecule has 0 aliphatic rings. The SMILES string of the molecule is CCOC(C)CNS(=O)(=O)c1cc(CN)ccc1F. The Kier molecular flexibility index (Phi) is 5.86. The molecule has 3 N–H and O–H groups in total. The highest BCUT2D eigenvalue weighted by molar-refractivity contribution is 7.89. The van der Waals surface area contributed by atoms with Crippen molar-refractivity contribution in [3.63, 3.8) is 0 Å². The minimum absolute atomic E-state index is 0.0858. The molecule has 0 saturated carbocycles. The van der Waals surface area contributed by atoms with E-state index in [4.69, 9.17) is 10.5 Å². The van der Waals surface area contributed by atoms with E-state index < -0.39 is 15.8 Å². The quantitative estimate of drug-likeness (QED) is 0.784. The van der Waals surface area contributed by atoms with Crippen molar-refractivity contribution in [1.29, 1.82) is 0 Å². The van der Waals surface area contributed by atoms with E-state index in [2.05, 4.69) is 4.72 Å². The predicted molar refractivity (Wildman–Crippen MR) is 70.6 cm³/mol. The van der Waals surface area contributed by atoms with E-state index in [1.807, 2.05) is 6.92 Å². The first-order valence-electron chi connectivity index (χ1n) is 6.00. The lowest BCUT2D eigenvalue weighted by Gasteiger charge is -2.13. The lowest BCUT2D eigenvalue weighted by molar-refractivity contribution is 0.0799. The second kappa shape index (κ2) is 6.95. The van der Waals surface area contributed by atoms with Gasteiger partial charge in [0.05, 0.1) is 6.10 Å². The molecule has 0 bridgehead atoms. The fourth-order valence-electron chi connectivity index (χ4n) is 1.53. The average molecular weight is 290 g/mol. The number of benzene rings is 1. The number of hydrogen-bond acceptors (Lipinski definition) is 4. The molecule has 0 fully saturated rings. The molecule has 5 nitrogen and oxygen atoms in total. The monoisotopic (exact) mass is 290 g/mol. The summed E-state index contributed by atoms with van der Waals surface area (Å²) < 4.78 is 45.1. The molecule has 108 valence electrons. The standard InChI is InChI=1S/C12H19FN2O3S/c1-3-18-9(2)8-15-19(16,17)12-6-10(7-14)4-5-11(12)13/h4-6,9,15H,3,7-8,14H2,1-2H3. The maximum Gasteiger partial charge on any atom is 0.243 e. The zero-order chi connectivity index (χ0) is 14.5. The Bertz CT molecular complexity index is 520. The number of nitrogens with one attached hydrogen (secondary N) is 1. The molecular formula is C12H19FN2O3S. The van der Waals surface area contributed by atoms with Crippen molar-refractivity contribution in [1.82, 2.24) is 4.72 Å². The second-order valence-corrected chi connectivity index (χ2v) is 5.82. The first-order chi connectivity index (χ1) is 8.90. The molecule has 1 atom stereocenters. The Morgan fingerprint density at radius 3 is 2.74 bits per heavy atom. The van der Waals surface area contributed by atoms with Crippen LogP contribution in [-0.2, 0) is 21.3 Å². The van der Waals surface area contributed by atoms with Crippen LogP contribution >= 0.6 is 0 Å². The largest absolute Gasteiger partial charge is 0.377 e. The van der Waals surface area contributed by atoms with Crippen LogP contribution in [0.3, 0.4) is 0 Å². The third-order valence-electron chi connectivity index (χ3n) is 2.53. The number of nitrogens with two attached hydrogens (primary N) is 1. The highest BCUT2D eigenvalue weighted by Gasteiger charge is 2.20. The number of hydrogen-bond donors (Lipinski definition) is 2. The van der Waals surface area contributed by atoms with Crippen molar-refractivity contribution in [2.24, 2.45) is 5.73 Å². The minimum Gasteiger partial charge on any atom is -0.377 e. The highest BCUT2D eigenvalue weighted by Crippen LogP contribution is 2.16. The van der Waals surface area contributed by atoms with Crippen LogP contribution in [0.1, 0.15) is 19.4 Å². The Morgan fingerprint density at radius 2 is 2.16 bits per heavy atom. The summed E-state index contributed by atoms with van der Waals surface area (Å²) in [6.07, 6.45) is -0.277. The van der Waals surface area contributed by atoms with Gasteiger partial charge < -0.3 is 10.5 Å². The van der Waals surface area contributed by atoms with Gasteiger partial charge in [0.25, 0.3) is 0 Å². The van der Waals surface area contributed by atoms with E-state index in [9.17, 15) is 12.8 Å². The lowest BCUT2D eigenvalue weighted by atomic mass is 10.2. The molecule has 0 aromatic heterocycles. The van der Waals surface area contributed by atoms with E-state index in [1.165, 1.54) is 12.1 Å². The molecule has 1 aromatic carbocycles. The third-order valence-corrected chi connectivity index (χ3v) is 3.97. The minimum atomic E-state index is -3.90. The fraction of sp³-hybridized carbons (Fsp3) is 0.500. The Morgan fingerprint density at radius 1 is 1.47 bits per heavy atom. The molecule has 1 unspecified atom stereocenters. The summed E-state index contributed by atoms with van der Waals surface area (Å²) in [4.78, 5) is -0.390. The molecule has 1 aromatic rings. The second-order valence-electron chi connectivity index (χ2n) is 4.09. The molecule has 0 heterocycles. The van der Waals surface area contributed by atoms with Crippen molar-refractivity contribution in [3.8, 4) is 0 Å². The summed E-state index contributed by atoms with van der Waals surface area (Å²) in [7, 11) is -3.90. The van der Waals surface area contributed by atoms with Crippen molar-refractivity contribution in [2.45, 2.75) is 31.4 Å². The molecule has 1 rings (SSSR count). The molecule has 0 saturated heterocycles. The van der Waals surface area contributed by atoms with E-state index >= 15 is 0 Å². The third kappa shape index (κ3) is 4.54. The summed E-state index contributed by atoms with van der Waals surface area (Å²) in [5.74, 6) is -0.797. The van der Waals surface area contributed by atoms with Gasteiger partial charge in [0.2, 0.25) is 10.0 Å². The van der Waals surface area contributed by atoms with Crippen LogP contribution in [0.5, 0.6) is 0 Å². The van der Waals surface area contributed by atoms with E-state index in [0.717, 1.165) is 6.07 Å². The molecular weight excluding hydrogens is 271 g/mol. The predicted octanol–water partition coefficient (Wildman–Crippen LogP) is 0.988. The van der Waals surface area contributed by atoms with Crippen LogP contribution in [0.25, 0.3) is 0 Å². The topological polar surface area (TPSA) is 81.4 Å². The van der Waals surface area contributed by atoms with Gasteiger partial charge in [-0.05, 0) is 31.5 Å². The average Bonchev–Trinajstić information content (AvgIpc) is 2.37. The number of halogens is 1. The molecule has 19 heavy (non-hydrogen) atoms. The summed E-state index contributed by atoms with van der Waals surface area (Å²) >= 11 is 0. The van der Waals surface area contributed by atoms with Crippen molar-refractivity contribution < 1.29 is 17.5 Å². The van der Waals surface area contributed by atoms with Crippen LogP contribution < -0.4 is 10.5 Å². The van der Waals surface area contributed by atoms with Crippen molar-refractivity contribution >= 4 is 10.0 Å². The van der Waals surface area contributed by atoms with Crippen LogP contribution in [0, 0.1) is 5.82 Å². The maximum absolute atomic E-state index is 13.6. The molecule has 0 aliphatic heterocycles. The number of rotatable bonds is 7. The van der Waals surface area contributed by atoms with E-state index in [1.54, 1.807) is 6.92 Å². The van der Waals surface area contributed by atoms with Gasteiger partial charge >= 0.3 is 0 Å². The Balaban J connectivity index is 2.88. The van der Waals surface area contributed by atoms with Gasteiger partial charge in [0.15, 0.2) is 0 Å². The van der Waals surface area contributed by atoms with Crippen LogP contribution in [0.15, 0.2) is 23.1 Å². The summed E-state index contributed by atoms with van der Waals surface area (Å²) in [5.41, 5.74) is 5.97. The lowest BCUT2D eigenvalue weighted by Crippen LogP contribution is -2.32. The zero-order valence-electron chi connectivity index (χ0n) is 11.0. The summed E-state index contributed by atoms with van der Waals surface area (Å²) in [5, 5.41) is 0. The van der Waals surface area contributed by atoms with Gasteiger partial charge in [-0.1, -0.05) is 6.07 Å². The highest BCUT2D eigenvalue weighted by atomic mass is 32.2. The van der Waals surface area contributed by atoms with Gasteiger partial charge in [0.1, 0.15) is 10.7 Å². The van der Waals surface area contributed by atoms with Crippen molar-refractivity contribution in [2.75, 3.05) is 13.2 Å². The van der Waals surface area contributed by atoms with Gasteiger partial charge in [-0.25, -0.2) is 17.5 Å². The molecule has 7 heteroatoms. The Hall–Kier alpha value is -1.02. The van der Waals surface area contributed by atoms with Crippen LogP contribution in [0.4, 0.5) is 4.39 Å². The van der Waals surface area contributed by atoms with Crippen molar-refractivity contribution in [3.05, 3.63) is 29.6 Å². The zero-order valence-corrected chi connectivity index (χ0v) is 11.8. The molecule has 0 radical (unpaired) electrons. The van der Waals surface area contributed by atoms with Crippen LogP contribution in [0.2, 0.25) is 0 Å². The Labute approximate surface area is 113 Å². The smallest absolute Gasteiger partial charge is 0.243 e. The maximum atomic E-state index is 13.6.